The van der Waals surface area contributed by atoms with Crippen LogP contribution in [0.25, 0.3) is 0 Å². The summed E-state index contributed by atoms with van der Waals surface area (Å²) in [5, 5.41) is 14.4. The number of carbonyl (C=O) groups excluding carboxylic acids is 1. The van der Waals surface area contributed by atoms with E-state index in [0.29, 0.717) is 25.5 Å². The van der Waals surface area contributed by atoms with Crippen LogP contribution < -0.4 is 10.6 Å². The Bertz CT molecular complexity index is 532. The third-order valence-corrected chi connectivity index (χ3v) is 3.79. The normalized spacial score (nSPS) is 17.2. The summed E-state index contributed by atoms with van der Waals surface area (Å²) in [5.74, 6) is -1.10. The number of rotatable bonds is 4. The maximum atomic E-state index is 11.9. The largest absolute Gasteiger partial charge is 0.477 e. The summed E-state index contributed by atoms with van der Waals surface area (Å²) in [6.07, 6.45) is 1.80. The number of aryl methyl sites for hydroxylation is 1. The van der Waals surface area contributed by atoms with Gasteiger partial charge in [-0.25, -0.2) is 9.59 Å². The Morgan fingerprint density at radius 1 is 1.43 bits per heavy atom. The Kier molecular flexibility index (Phi) is 4.52. The number of H-pyrrole nitrogens is 1. The molecule has 21 heavy (non-hydrogen) atoms. The van der Waals surface area contributed by atoms with Crippen LogP contribution in [-0.2, 0) is 4.74 Å². The lowest BCUT2D eigenvalue weighted by atomic mass is 9.82. The van der Waals surface area contributed by atoms with Crippen molar-refractivity contribution in [1.82, 2.24) is 10.3 Å². The van der Waals surface area contributed by atoms with Crippen molar-refractivity contribution in [3.05, 3.63) is 17.5 Å². The summed E-state index contributed by atoms with van der Waals surface area (Å²) in [6.45, 7) is 5.80. The highest BCUT2D eigenvalue weighted by Crippen LogP contribution is 2.28. The lowest BCUT2D eigenvalue weighted by molar-refractivity contribution is 0.0254. The molecule has 1 aliphatic heterocycles. The number of carboxylic acid groups (broad SMARTS) is 1. The van der Waals surface area contributed by atoms with Gasteiger partial charge in [0.1, 0.15) is 5.69 Å². The standard InChI is InChI=1S/C14H21N3O4/c1-9-7-10(11(16-9)12(18)19)17-13(20)15-8-14(2)3-5-21-6-4-14/h7,16H,3-6,8H2,1-2H3,(H,18,19)(H2,15,17,20). The quantitative estimate of drug-likeness (QED) is 0.681. The van der Waals surface area contributed by atoms with Gasteiger partial charge in [0.15, 0.2) is 0 Å². The number of hydrogen-bond donors (Lipinski definition) is 4. The molecule has 116 valence electrons. The van der Waals surface area contributed by atoms with Crippen LogP contribution in [0.5, 0.6) is 0 Å². The van der Waals surface area contributed by atoms with Gasteiger partial charge in [0.25, 0.3) is 0 Å². The van der Waals surface area contributed by atoms with Crippen LogP contribution in [-0.4, -0.2) is 41.8 Å². The molecule has 4 N–H and O–H groups in total. The summed E-state index contributed by atoms with van der Waals surface area (Å²) in [7, 11) is 0. The molecule has 0 bridgehead atoms. The SMILES string of the molecule is Cc1cc(NC(=O)NCC2(C)CCOCC2)c(C(=O)O)[nH]1. The topological polar surface area (TPSA) is 103 Å². The fourth-order valence-corrected chi connectivity index (χ4v) is 2.36. The van der Waals surface area contributed by atoms with E-state index in [0.717, 1.165) is 12.8 Å². The van der Waals surface area contributed by atoms with Crippen LogP contribution in [0, 0.1) is 12.3 Å². The number of carbonyl (C=O) groups is 2. The van der Waals surface area contributed by atoms with Crippen molar-refractivity contribution in [1.29, 1.82) is 0 Å². The molecule has 7 heteroatoms. The third-order valence-electron chi connectivity index (χ3n) is 3.79. The minimum Gasteiger partial charge on any atom is -0.477 e. The maximum absolute atomic E-state index is 11.9. The molecule has 0 saturated carbocycles. The number of nitrogens with one attached hydrogen (secondary N) is 3. The molecule has 1 saturated heterocycles. The number of aromatic amines is 1. The van der Waals surface area contributed by atoms with Crippen LogP contribution in [0.4, 0.5) is 10.5 Å². The second kappa shape index (κ2) is 6.17. The van der Waals surface area contributed by atoms with Crippen molar-refractivity contribution in [2.24, 2.45) is 5.41 Å². The van der Waals surface area contributed by atoms with Crippen molar-refractivity contribution >= 4 is 17.7 Å². The number of aromatic carboxylic acids is 1. The molecule has 1 aliphatic rings. The Balaban J connectivity index is 1.91. The highest BCUT2D eigenvalue weighted by atomic mass is 16.5. The van der Waals surface area contributed by atoms with E-state index in [9.17, 15) is 9.59 Å². The van der Waals surface area contributed by atoms with Crippen molar-refractivity contribution in [3.63, 3.8) is 0 Å². The van der Waals surface area contributed by atoms with E-state index >= 15 is 0 Å². The van der Waals surface area contributed by atoms with Gasteiger partial charge in [0.2, 0.25) is 0 Å². The van der Waals surface area contributed by atoms with Crippen molar-refractivity contribution in [2.75, 3.05) is 25.1 Å². The number of urea groups is 1. The van der Waals surface area contributed by atoms with Gasteiger partial charge >= 0.3 is 12.0 Å². The minimum absolute atomic E-state index is 0.0140. The third kappa shape index (κ3) is 3.98. The molecular weight excluding hydrogens is 274 g/mol. The molecule has 0 radical (unpaired) electrons. The summed E-state index contributed by atoms with van der Waals surface area (Å²) in [5.41, 5.74) is 0.966. The number of carboxylic acids is 1. The van der Waals surface area contributed by atoms with Gasteiger partial charge in [0.05, 0.1) is 5.69 Å². The highest BCUT2D eigenvalue weighted by Gasteiger charge is 2.28. The molecule has 1 fully saturated rings. The van der Waals surface area contributed by atoms with E-state index in [1.807, 2.05) is 0 Å². The first-order valence-corrected chi connectivity index (χ1v) is 6.95. The monoisotopic (exact) mass is 295 g/mol. The molecule has 2 heterocycles. The molecule has 0 spiro atoms. The van der Waals surface area contributed by atoms with Gasteiger partial charge in [0, 0.05) is 25.5 Å². The van der Waals surface area contributed by atoms with Gasteiger partial charge in [-0.1, -0.05) is 6.92 Å². The zero-order chi connectivity index (χ0) is 15.5. The predicted molar refractivity (Wildman–Crippen MR) is 77.7 cm³/mol. The van der Waals surface area contributed by atoms with E-state index < -0.39 is 12.0 Å². The van der Waals surface area contributed by atoms with Gasteiger partial charge in [-0.05, 0) is 31.2 Å². The molecular formula is C14H21N3O4. The van der Waals surface area contributed by atoms with Crippen LogP contribution in [0.1, 0.15) is 35.9 Å². The first kappa shape index (κ1) is 15.4. The summed E-state index contributed by atoms with van der Waals surface area (Å²) in [4.78, 5) is 25.7. The number of hydrogen-bond acceptors (Lipinski definition) is 3. The number of ether oxygens (including phenoxy) is 1. The number of anilines is 1. The molecule has 2 rings (SSSR count). The first-order chi connectivity index (χ1) is 9.89. The summed E-state index contributed by atoms with van der Waals surface area (Å²) >= 11 is 0. The van der Waals surface area contributed by atoms with Crippen molar-refractivity contribution in [2.45, 2.75) is 26.7 Å². The van der Waals surface area contributed by atoms with Crippen LogP contribution in [0.15, 0.2) is 6.07 Å². The Labute approximate surface area is 123 Å². The summed E-state index contributed by atoms with van der Waals surface area (Å²) < 4.78 is 5.31. The molecule has 0 unspecified atom stereocenters. The lowest BCUT2D eigenvalue weighted by Crippen LogP contribution is -2.41. The Hall–Kier alpha value is -2.02. The molecule has 2 amide bonds. The zero-order valence-corrected chi connectivity index (χ0v) is 12.3. The first-order valence-electron chi connectivity index (χ1n) is 6.95. The van der Waals surface area contributed by atoms with Crippen molar-refractivity contribution < 1.29 is 19.4 Å². The smallest absolute Gasteiger partial charge is 0.354 e. The fraction of sp³-hybridized carbons (Fsp3) is 0.571. The predicted octanol–water partition coefficient (Wildman–Crippen LogP) is 1.96. The number of amides is 2. The Morgan fingerprint density at radius 2 is 2.10 bits per heavy atom. The van der Waals surface area contributed by atoms with Gasteiger partial charge in [-0.3, -0.25) is 0 Å². The van der Waals surface area contributed by atoms with E-state index in [1.165, 1.54) is 0 Å². The molecule has 1 aromatic rings. The van der Waals surface area contributed by atoms with Gasteiger partial charge in [-0.15, -0.1) is 0 Å². The fourth-order valence-electron chi connectivity index (χ4n) is 2.36. The second-order valence-corrected chi connectivity index (χ2v) is 5.78. The van der Waals surface area contributed by atoms with E-state index in [1.54, 1.807) is 13.0 Å². The highest BCUT2D eigenvalue weighted by molar-refractivity contribution is 5.99. The average molecular weight is 295 g/mol. The van der Waals surface area contributed by atoms with E-state index in [4.69, 9.17) is 9.84 Å². The van der Waals surface area contributed by atoms with E-state index in [-0.39, 0.29) is 16.8 Å². The lowest BCUT2D eigenvalue weighted by Gasteiger charge is -2.33. The van der Waals surface area contributed by atoms with Crippen molar-refractivity contribution in [3.8, 4) is 0 Å². The van der Waals surface area contributed by atoms with Gasteiger partial charge < -0.3 is 25.5 Å². The maximum Gasteiger partial charge on any atom is 0.354 e. The number of aromatic nitrogens is 1. The molecule has 0 aromatic carbocycles. The van der Waals surface area contributed by atoms with Gasteiger partial charge in [-0.2, -0.15) is 0 Å². The zero-order valence-electron chi connectivity index (χ0n) is 12.3. The van der Waals surface area contributed by atoms with Crippen LogP contribution in [0.3, 0.4) is 0 Å². The second-order valence-electron chi connectivity index (χ2n) is 5.78. The summed E-state index contributed by atoms with van der Waals surface area (Å²) in [6, 6.07) is 1.20. The van der Waals surface area contributed by atoms with Crippen LogP contribution in [0.2, 0.25) is 0 Å². The molecule has 1 aromatic heterocycles. The van der Waals surface area contributed by atoms with Crippen LogP contribution >= 0.6 is 0 Å². The average Bonchev–Trinajstić information content (AvgIpc) is 2.78. The molecule has 0 aliphatic carbocycles. The van der Waals surface area contributed by atoms with E-state index in [2.05, 4.69) is 22.5 Å². The molecule has 0 atom stereocenters. The Morgan fingerprint density at radius 3 is 2.71 bits per heavy atom. The molecule has 7 nitrogen and oxygen atoms in total. The minimum atomic E-state index is -1.10.